The van der Waals surface area contributed by atoms with Gasteiger partial charge in [-0.2, -0.15) is 4.31 Å². The molecule has 1 unspecified atom stereocenters. The number of carbonyl (C=O) groups excluding carboxylic acids is 3. The third-order valence-electron chi connectivity index (χ3n) is 5.59. The second kappa shape index (κ2) is 9.66. The Kier molecular flexibility index (Phi) is 7.30. The number of aryl methyl sites for hydroxylation is 1. The number of aromatic nitrogens is 1. The van der Waals surface area contributed by atoms with Crippen LogP contribution in [0.3, 0.4) is 0 Å². The van der Waals surface area contributed by atoms with Gasteiger partial charge >= 0.3 is 11.9 Å². The van der Waals surface area contributed by atoms with Gasteiger partial charge in [0.1, 0.15) is 0 Å². The Morgan fingerprint density at radius 3 is 2.36 bits per heavy atom. The third kappa shape index (κ3) is 4.83. The molecule has 0 spiro atoms. The SMILES string of the molecule is COC(=O)c1c(C)[nH]c(C(=O)C(C)OC(=O)c2cc(S(=O)(=O)N3CCCC3)ccc2Cl)c1C. The molecule has 1 aliphatic rings. The lowest BCUT2D eigenvalue weighted by atomic mass is 10.1. The van der Waals surface area contributed by atoms with E-state index >= 15 is 0 Å². The summed E-state index contributed by atoms with van der Waals surface area (Å²) in [5.74, 6) is -2.09. The predicted molar refractivity (Wildman–Crippen MR) is 120 cm³/mol. The number of carbonyl (C=O) groups is 3. The number of ether oxygens (including phenoxy) is 2. The van der Waals surface area contributed by atoms with Crippen LogP contribution in [0.15, 0.2) is 23.1 Å². The monoisotopic (exact) mass is 496 g/mol. The van der Waals surface area contributed by atoms with E-state index in [4.69, 9.17) is 21.1 Å². The summed E-state index contributed by atoms with van der Waals surface area (Å²) in [4.78, 5) is 40.4. The van der Waals surface area contributed by atoms with Crippen molar-refractivity contribution >= 4 is 39.3 Å². The molecule has 11 heteroatoms. The molecule has 1 aliphatic heterocycles. The molecule has 2 heterocycles. The summed E-state index contributed by atoms with van der Waals surface area (Å²) in [6, 6.07) is 3.81. The largest absolute Gasteiger partial charge is 0.465 e. The van der Waals surface area contributed by atoms with Crippen molar-refractivity contribution in [2.45, 2.75) is 44.6 Å². The summed E-state index contributed by atoms with van der Waals surface area (Å²) in [5, 5.41) is -0.0000953. The zero-order chi connectivity index (χ0) is 24.5. The highest BCUT2D eigenvalue weighted by molar-refractivity contribution is 7.89. The Bertz CT molecular complexity index is 1210. The van der Waals surface area contributed by atoms with Gasteiger partial charge in [0.2, 0.25) is 15.8 Å². The molecule has 1 aromatic carbocycles. The Morgan fingerprint density at radius 1 is 1.12 bits per heavy atom. The molecule has 1 fully saturated rings. The molecule has 0 radical (unpaired) electrons. The van der Waals surface area contributed by atoms with Crippen LogP contribution in [0, 0.1) is 13.8 Å². The van der Waals surface area contributed by atoms with E-state index in [9.17, 15) is 22.8 Å². The fraction of sp³-hybridized carbons (Fsp3) is 0.409. The van der Waals surface area contributed by atoms with Gasteiger partial charge in [0.05, 0.1) is 33.8 Å². The molecular formula is C22H25ClN2O7S. The first-order valence-electron chi connectivity index (χ1n) is 10.3. The zero-order valence-corrected chi connectivity index (χ0v) is 20.3. The molecule has 0 bridgehead atoms. The summed E-state index contributed by atoms with van der Waals surface area (Å²) in [6.07, 6.45) is 0.322. The van der Waals surface area contributed by atoms with E-state index in [1.807, 2.05) is 0 Å². The Hall–Kier alpha value is -2.69. The topological polar surface area (TPSA) is 123 Å². The first kappa shape index (κ1) is 24.9. The van der Waals surface area contributed by atoms with E-state index in [-0.39, 0.29) is 26.7 Å². The van der Waals surface area contributed by atoms with Crippen molar-refractivity contribution in [3.63, 3.8) is 0 Å². The van der Waals surface area contributed by atoms with Gasteiger partial charge in [-0.15, -0.1) is 0 Å². The van der Waals surface area contributed by atoms with Gasteiger partial charge in [-0.3, -0.25) is 4.79 Å². The maximum atomic E-state index is 12.9. The van der Waals surface area contributed by atoms with Gasteiger partial charge < -0.3 is 14.5 Å². The van der Waals surface area contributed by atoms with Crippen molar-refractivity contribution in [2.24, 2.45) is 0 Å². The minimum atomic E-state index is -3.77. The van der Waals surface area contributed by atoms with E-state index < -0.39 is 33.8 Å². The molecule has 1 N–H and O–H groups in total. The second-order valence-corrected chi connectivity index (χ2v) is 10.1. The molecule has 0 amide bonds. The molecule has 1 aromatic heterocycles. The quantitative estimate of drug-likeness (QED) is 0.461. The van der Waals surface area contributed by atoms with Crippen LogP contribution in [0.1, 0.15) is 62.2 Å². The normalized spacial score (nSPS) is 15.3. The number of methoxy groups -OCH3 is 1. The lowest BCUT2D eigenvalue weighted by Gasteiger charge is -2.17. The van der Waals surface area contributed by atoms with Crippen LogP contribution in [0.4, 0.5) is 0 Å². The van der Waals surface area contributed by atoms with E-state index in [1.165, 1.54) is 30.5 Å². The average Bonchev–Trinajstić information content (AvgIpc) is 3.41. The zero-order valence-electron chi connectivity index (χ0n) is 18.7. The van der Waals surface area contributed by atoms with Crippen molar-refractivity contribution < 1.29 is 32.3 Å². The van der Waals surface area contributed by atoms with Crippen LogP contribution >= 0.6 is 11.6 Å². The number of Topliss-reactive ketones (excluding diaryl/α,β-unsaturated/α-hetero) is 1. The summed E-state index contributed by atoms with van der Waals surface area (Å²) in [6.45, 7) is 5.42. The standard InChI is InChI=1S/C22H25ClN2O7S/c1-12-18(22(28)31-4)13(2)24-19(12)20(26)14(3)32-21(27)16-11-15(7-8-17(16)23)33(29,30)25-9-5-6-10-25/h7-8,11,14,24H,5-6,9-10H2,1-4H3. The molecule has 9 nitrogen and oxygen atoms in total. The average molecular weight is 497 g/mol. The van der Waals surface area contributed by atoms with Crippen molar-refractivity contribution in [1.82, 2.24) is 9.29 Å². The van der Waals surface area contributed by atoms with Gasteiger partial charge in [-0.05, 0) is 57.4 Å². The summed E-state index contributed by atoms with van der Waals surface area (Å²) < 4.78 is 37.0. The number of esters is 2. The van der Waals surface area contributed by atoms with Crippen molar-refractivity contribution in [3.05, 3.63) is 51.3 Å². The number of nitrogens with zero attached hydrogens (tertiary/aromatic N) is 1. The Balaban J connectivity index is 1.83. The first-order valence-corrected chi connectivity index (χ1v) is 12.1. The van der Waals surface area contributed by atoms with Gasteiger partial charge in [-0.25, -0.2) is 18.0 Å². The van der Waals surface area contributed by atoms with Crippen LogP contribution in [-0.4, -0.2) is 61.7 Å². The molecule has 1 saturated heterocycles. The fourth-order valence-corrected chi connectivity index (χ4v) is 5.52. The van der Waals surface area contributed by atoms with Crippen molar-refractivity contribution in [3.8, 4) is 0 Å². The van der Waals surface area contributed by atoms with Gasteiger partial charge in [-0.1, -0.05) is 11.6 Å². The van der Waals surface area contributed by atoms with Crippen LogP contribution < -0.4 is 0 Å². The van der Waals surface area contributed by atoms with E-state index in [1.54, 1.807) is 13.8 Å². The molecule has 33 heavy (non-hydrogen) atoms. The number of benzene rings is 1. The molecule has 0 saturated carbocycles. The van der Waals surface area contributed by atoms with Crippen molar-refractivity contribution in [1.29, 1.82) is 0 Å². The highest BCUT2D eigenvalue weighted by Gasteiger charge is 2.31. The number of sulfonamides is 1. The van der Waals surface area contributed by atoms with Crippen LogP contribution in [0.25, 0.3) is 0 Å². The minimum absolute atomic E-state index is 0.0000953. The Labute approximate surface area is 197 Å². The molecular weight excluding hydrogens is 472 g/mol. The summed E-state index contributed by atoms with van der Waals surface area (Å²) in [5.41, 5.74) is 1.02. The number of hydrogen-bond acceptors (Lipinski definition) is 7. The molecule has 2 aromatic rings. The highest BCUT2D eigenvalue weighted by Crippen LogP contribution is 2.27. The maximum absolute atomic E-state index is 12.9. The first-order chi connectivity index (χ1) is 15.5. The van der Waals surface area contributed by atoms with Gasteiger partial charge in [0, 0.05) is 18.8 Å². The highest BCUT2D eigenvalue weighted by atomic mass is 35.5. The van der Waals surface area contributed by atoms with E-state index in [0.717, 1.165) is 18.9 Å². The maximum Gasteiger partial charge on any atom is 0.340 e. The number of halogens is 1. The number of nitrogens with one attached hydrogen (secondary N) is 1. The van der Waals surface area contributed by atoms with Crippen LogP contribution in [0.2, 0.25) is 5.02 Å². The molecule has 3 rings (SSSR count). The Morgan fingerprint density at radius 2 is 1.76 bits per heavy atom. The van der Waals surface area contributed by atoms with Crippen molar-refractivity contribution in [2.75, 3.05) is 20.2 Å². The number of aromatic amines is 1. The van der Waals surface area contributed by atoms with Crippen LogP contribution in [-0.2, 0) is 19.5 Å². The summed E-state index contributed by atoms with van der Waals surface area (Å²) >= 11 is 6.13. The smallest absolute Gasteiger partial charge is 0.340 e. The lowest BCUT2D eigenvalue weighted by molar-refractivity contribution is 0.0316. The number of ketones is 1. The third-order valence-corrected chi connectivity index (χ3v) is 7.81. The minimum Gasteiger partial charge on any atom is -0.465 e. The number of rotatable bonds is 7. The molecule has 1 atom stereocenters. The predicted octanol–water partition coefficient (Wildman–Crippen LogP) is 3.28. The van der Waals surface area contributed by atoms with E-state index in [0.29, 0.717) is 24.3 Å². The van der Waals surface area contributed by atoms with E-state index in [2.05, 4.69) is 4.98 Å². The molecule has 178 valence electrons. The van der Waals surface area contributed by atoms with Gasteiger partial charge in [0.25, 0.3) is 0 Å². The van der Waals surface area contributed by atoms with Crippen LogP contribution in [0.5, 0.6) is 0 Å². The number of H-pyrrole nitrogens is 1. The van der Waals surface area contributed by atoms with Gasteiger partial charge in [0.15, 0.2) is 6.10 Å². The second-order valence-electron chi connectivity index (χ2n) is 7.78. The fourth-order valence-electron chi connectivity index (χ4n) is 3.78. The molecule has 0 aliphatic carbocycles. The lowest BCUT2D eigenvalue weighted by Crippen LogP contribution is -2.28. The summed E-state index contributed by atoms with van der Waals surface area (Å²) in [7, 11) is -2.53. The number of hydrogen-bond donors (Lipinski definition) is 1.